The summed E-state index contributed by atoms with van der Waals surface area (Å²) in [4.78, 5) is 31.6. The highest BCUT2D eigenvalue weighted by atomic mass is 35.5. The van der Waals surface area contributed by atoms with Gasteiger partial charge in [0.15, 0.2) is 11.2 Å². The Morgan fingerprint density at radius 2 is 2.08 bits per heavy atom. The van der Waals surface area contributed by atoms with Gasteiger partial charge in [0, 0.05) is 44.8 Å². The first-order valence-corrected chi connectivity index (χ1v) is 8.68. The van der Waals surface area contributed by atoms with Crippen LogP contribution in [0, 0.1) is 0 Å². The molecule has 1 atom stereocenters. The van der Waals surface area contributed by atoms with Gasteiger partial charge in [-0.2, -0.15) is 4.98 Å². The molecule has 1 aliphatic rings. The van der Waals surface area contributed by atoms with E-state index in [2.05, 4.69) is 9.88 Å². The molecule has 1 aliphatic heterocycles. The first kappa shape index (κ1) is 17.8. The number of piperidine rings is 1. The van der Waals surface area contributed by atoms with Crippen molar-refractivity contribution in [2.45, 2.75) is 32.4 Å². The second kappa shape index (κ2) is 6.68. The molecular formula is C16H23ClN6O2. The molecule has 25 heavy (non-hydrogen) atoms. The van der Waals surface area contributed by atoms with Gasteiger partial charge in [-0.25, -0.2) is 4.79 Å². The third kappa shape index (κ3) is 3.11. The number of anilines is 1. The molecule has 0 spiro atoms. The van der Waals surface area contributed by atoms with Crippen LogP contribution in [0.25, 0.3) is 11.2 Å². The van der Waals surface area contributed by atoms with Gasteiger partial charge in [0.2, 0.25) is 5.95 Å². The molecule has 9 heteroatoms. The van der Waals surface area contributed by atoms with Gasteiger partial charge in [-0.1, -0.05) is 17.7 Å². The van der Waals surface area contributed by atoms with E-state index in [0.717, 1.165) is 24.0 Å². The lowest BCUT2D eigenvalue weighted by Crippen LogP contribution is -2.44. The number of halogens is 1. The maximum absolute atomic E-state index is 12.7. The van der Waals surface area contributed by atoms with E-state index in [1.807, 2.05) is 10.6 Å². The Labute approximate surface area is 150 Å². The van der Waals surface area contributed by atoms with E-state index < -0.39 is 5.69 Å². The Bertz CT molecular complexity index is 950. The number of hydrogen-bond acceptors (Lipinski definition) is 5. The van der Waals surface area contributed by atoms with Crippen molar-refractivity contribution in [1.29, 1.82) is 0 Å². The van der Waals surface area contributed by atoms with Gasteiger partial charge in [0.1, 0.15) is 0 Å². The maximum atomic E-state index is 12.7. The summed E-state index contributed by atoms with van der Waals surface area (Å²) in [6.07, 6.45) is 3.75. The third-order valence-corrected chi connectivity index (χ3v) is 4.78. The van der Waals surface area contributed by atoms with Crippen LogP contribution in [0.15, 0.2) is 20.7 Å². The van der Waals surface area contributed by atoms with Crippen LogP contribution in [0.4, 0.5) is 5.95 Å². The first-order chi connectivity index (χ1) is 11.8. The molecule has 1 saturated heterocycles. The smallest absolute Gasteiger partial charge is 0.332 e. The van der Waals surface area contributed by atoms with E-state index in [9.17, 15) is 9.59 Å². The fourth-order valence-corrected chi connectivity index (χ4v) is 3.33. The van der Waals surface area contributed by atoms with Gasteiger partial charge in [0.25, 0.3) is 5.56 Å². The van der Waals surface area contributed by atoms with Crippen molar-refractivity contribution in [3.8, 4) is 0 Å². The number of aryl methyl sites for hydroxylation is 1. The highest BCUT2D eigenvalue weighted by molar-refractivity contribution is 6.29. The molecule has 3 heterocycles. The monoisotopic (exact) mass is 366 g/mol. The van der Waals surface area contributed by atoms with Crippen LogP contribution in [0.1, 0.15) is 19.8 Å². The van der Waals surface area contributed by atoms with E-state index >= 15 is 0 Å². The van der Waals surface area contributed by atoms with Crippen molar-refractivity contribution in [2.75, 3.05) is 18.0 Å². The van der Waals surface area contributed by atoms with Gasteiger partial charge in [-0.05, 0) is 19.8 Å². The molecule has 0 aliphatic carbocycles. The van der Waals surface area contributed by atoms with E-state index in [4.69, 9.17) is 17.3 Å². The Kier molecular flexibility index (Phi) is 4.75. The quantitative estimate of drug-likeness (QED) is 0.854. The van der Waals surface area contributed by atoms with Crippen LogP contribution in [0.2, 0.25) is 0 Å². The molecule has 3 rings (SSSR count). The zero-order valence-electron chi connectivity index (χ0n) is 14.7. The topological polar surface area (TPSA) is 91.1 Å². The summed E-state index contributed by atoms with van der Waals surface area (Å²) in [5, 5.41) is 0.629. The summed E-state index contributed by atoms with van der Waals surface area (Å²) in [5.41, 5.74) is 6.12. The molecule has 0 saturated carbocycles. The van der Waals surface area contributed by atoms with Crippen LogP contribution >= 0.6 is 11.6 Å². The second-order valence-electron chi connectivity index (χ2n) is 6.54. The predicted molar refractivity (Wildman–Crippen MR) is 99.2 cm³/mol. The van der Waals surface area contributed by atoms with Crippen molar-refractivity contribution in [3.05, 3.63) is 31.9 Å². The average Bonchev–Trinajstić information content (AvgIpc) is 2.96. The SMILES string of the molecule is CC(Cl)=CCn1c(N2CCCC(N)C2)nc2c1c(=O)n(C)c(=O)n2C. The van der Waals surface area contributed by atoms with Crippen LogP contribution in [0.3, 0.4) is 0 Å². The highest BCUT2D eigenvalue weighted by Gasteiger charge is 2.25. The largest absolute Gasteiger partial charge is 0.341 e. The third-order valence-electron chi connectivity index (χ3n) is 4.62. The number of nitrogens with two attached hydrogens (primary N) is 1. The highest BCUT2D eigenvalue weighted by Crippen LogP contribution is 2.23. The minimum Gasteiger partial charge on any atom is -0.341 e. The molecule has 2 aromatic heterocycles. The molecule has 1 unspecified atom stereocenters. The van der Waals surface area contributed by atoms with Crippen LogP contribution in [0.5, 0.6) is 0 Å². The molecule has 0 amide bonds. The molecule has 0 aromatic carbocycles. The number of fused-ring (bicyclic) bond motifs is 1. The summed E-state index contributed by atoms with van der Waals surface area (Å²) in [7, 11) is 3.09. The number of aromatic nitrogens is 4. The fourth-order valence-electron chi connectivity index (χ4n) is 3.26. The van der Waals surface area contributed by atoms with Crippen molar-refractivity contribution in [2.24, 2.45) is 19.8 Å². The molecule has 0 bridgehead atoms. The van der Waals surface area contributed by atoms with Crippen LogP contribution in [-0.4, -0.2) is 37.8 Å². The van der Waals surface area contributed by atoms with Gasteiger partial charge in [-0.15, -0.1) is 0 Å². The van der Waals surface area contributed by atoms with Gasteiger partial charge >= 0.3 is 5.69 Å². The van der Waals surface area contributed by atoms with Gasteiger partial charge < -0.3 is 15.2 Å². The number of rotatable bonds is 3. The van der Waals surface area contributed by atoms with Gasteiger partial charge in [0.05, 0.1) is 0 Å². The van der Waals surface area contributed by atoms with Crippen molar-refractivity contribution >= 4 is 28.7 Å². The standard InChI is InChI=1S/C16H23ClN6O2/c1-10(17)6-8-23-12-13(20(2)16(25)21(3)14(12)24)19-15(23)22-7-4-5-11(18)9-22/h6,11H,4-5,7-9,18H2,1-3H3. The maximum Gasteiger partial charge on any atom is 0.332 e. The average molecular weight is 367 g/mol. The molecule has 8 nitrogen and oxygen atoms in total. The zero-order chi connectivity index (χ0) is 18.3. The molecular weight excluding hydrogens is 344 g/mol. The molecule has 2 aromatic rings. The minimum absolute atomic E-state index is 0.0685. The van der Waals surface area contributed by atoms with E-state index in [-0.39, 0.29) is 11.6 Å². The summed E-state index contributed by atoms with van der Waals surface area (Å²) in [6, 6.07) is 0.0685. The second-order valence-corrected chi connectivity index (χ2v) is 7.14. The Morgan fingerprint density at radius 1 is 1.36 bits per heavy atom. The normalized spacial score (nSPS) is 19.0. The van der Waals surface area contributed by atoms with Gasteiger partial charge in [-0.3, -0.25) is 13.9 Å². The molecule has 136 valence electrons. The number of allylic oxidation sites excluding steroid dienone is 2. The fraction of sp³-hybridized carbons (Fsp3) is 0.562. The Hall–Kier alpha value is -2.06. The number of imidazole rings is 1. The van der Waals surface area contributed by atoms with Crippen molar-refractivity contribution < 1.29 is 0 Å². The summed E-state index contributed by atoms with van der Waals surface area (Å²) in [6.45, 7) is 3.67. The summed E-state index contributed by atoms with van der Waals surface area (Å²) >= 11 is 5.99. The lowest BCUT2D eigenvalue weighted by atomic mass is 10.1. The predicted octanol–water partition coefficient (Wildman–Crippen LogP) is 0.504. The first-order valence-electron chi connectivity index (χ1n) is 8.30. The summed E-state index contributed by atoms with van der Waals surface area (Å²) < 4.78 is 4.32. The molecule has 1 fully saturated rings. The molecule has 2 N–H and O–H groups in total. The number of nitrogens with zero attached hydrogens (tertiary/aromatic N) is 5. The van der Waals surface area contributed by atoms with E-state index in [1.165, 1.54) is 11.6 Å². The van der Waals surface area contributed by atoms with Crippen LogP contribution in [-0.2, 0) is 20.6 Å². The minimum atomic E-state index is -0.395. The van der Waals surface area contributed by atoms with Crippen molar-refractivity contribution in [1.82, 2.24) is 18.7 Å². The lowest BCUT2D eigenvalue weighted by Gasteiger charge is -2.31. The molecule has 0 radical (unpaired) electrons. The zero-order valence-corrected chi connectivity index (χ0v) is 15.5. The Morgan fingerprint density at radius 3 is 2.72 bits per heavy atom. The lowest BCUT2D eigenvalue weighted by molar-refractivity contribution is 0.495. The van der Waals surface area contributed by atoms with Crippen LogP contribution < -0.4 is 21.9 Å². The van der Waals surface area contributed by atoms with E-state index in [0.29, 0.717) is 35.2 Å². The number of hydrogen-bond donors (Lipinski definition) is 1. The van der Waals surface area contributed by atoms with Crippen molar-refractivity contribution in [3.63, 3.8) is 0 Å². The summed E-state index contributed by atoms with van der Waals surface area (Å²) in [5.74, 6) is 0.651. The Balaban J connectivity index is 2.28. The van der Waals surface area contributed by atoms with E-state index in [1.54, 1.807) is 14.0 Å².